The van der Waals surface area contributed by atoms with Crippen molar-refractivity contribution in [3.05, 3.63) is 35.4 Å². The Morgan fingerprint density at radius 2 is 2.25 bits per heavy atom. The molecule has 1 aromatic carbocycles. The lowest BCUT2D eigenvalue weighted by Crippen LogP contribution is -2.53. The number of aliphatic hydroxyl groups excluding tert-OH is 1. The third-order valence-corrected chi connectivity index (χ3v) is 3.51. The molecule has 16 heavy (non-hydrogen) atoms. The smallest absolute Gasteiger partial charge is 0.0616 e. The molecule has 1 fully saturated rings. The minimum Gasteiger partial charge on any atom is -0.394 e. The minimum atomic E-state index is -0.0773. The Kier molecular flexibility index (Phi) is 3.62. The van der Waals surface area contributed by atoms with Crippen LogP contribution >= 0.6 is 0 Å². The van der Waals surface area contributed by atoms with Gasteiger partial charge in [0.15, 0.2) is 0 Å². The van der Waals surface area contributed by atoms with E-state index < -0.39 is 0 Å². The highest BCUT2D eigenvalue weighted by atomic mass is 16.3. The molecule has 0 bridgehead atoms. The van der Waals surface area contributed by atoms with Gasteiger partial charge >= 0.3 is 0 Å². The number of hydrogen-bond donors (Lipinski definition) is 2. The highest BCUT2D eigenvalue weighted by molar-refractivity contribution is 5.24. The zero-order valence-corrected chi connectivity index (χ0v) is 10.00. The number of nitrogens with one attached hydrogen (secondary N) is 1. The van der Waals surface area contributed by atoms with Gasteiger partial charge in [0.05, 0.1) is 6.61 Å². The summed E-state index contributed by atoms with van der Waals surface area (Å²) in [6.45, 7) is 3.39. The van der Waals surface area contributed by atoms with Crippen LogP contribution in [-0.2, 0) is 6.42 Å². The number of benzene rings is 1. The molecule has 0 spiro atoms. The molecule has 1 heterocycles. The number of hydrogen-bond acceptors (Lipinski definition) is 2. The van der Waals surface area contributed by atoms with E-state index in [-0.39, 0.29) is 12.1 Å². The van der Waals surface area contributed by atoms with Crippen LogP contribution in [0.3, 0.4) is 0 Å². The molecule has 1 aliphatic heterocycles. The maximum Gasteiger partial charge on any atom is 0.0616 e. The molecule has 0 saturated carbocycles. The van der Waals surface area contributed by atoms with Gasteiger partial charge in [-0.05, 0) is 38.3 Å². The monoisotopic (exact) mass is 219 g/mol. The van der Waals surface area contributed by atoms with Crippen molar-refractivity contribution in [3.8, 4) is 0 Å². The Bertz CT molecular complexity index is 342. The predicted octanol–water partition coefficient (Wildman–Crippen LogP) is 2.04. The quantitative estimate of drug-likeness (QED) is 0.815. The molecule has 1 unspecified atom stereocenters. The molecule has 1 aromatic rings. The zero-order valence-electron chi connectivity index (χ0n) is 10.00. The molecule has 1 saturated heterocycles. The Hall–Kier alpha value is -0.860. The SMILES string of the molecule is Cc1cccc(CC2(CO)CCCCN2)c1. The zero-order chi connectivity index (χ0) is 11.4. The Morgan fingerprint density at radius 3 is 2.88 bits per heavy atom. The summed E-state index contributed by atoms with van der Waals surface area (Å²) in [4.78, 5) is 0. The molecule has 2 N–H and O–H groups in total. The fourth-order valence-corrected chi connectivity index (χ4v) is 2.58. The molecule has 0 amide bonds. The molecule has 0 aliphatic carbocycles. The van der Waals surface area contributed by atoms with E-state index in [9.17, 15) is 5.11 Å². The van der Waals surface area contributed by atoms with Crippen molar-refractivity contribution >= 4 is 0 Å². The van der Waals surface area contributed by atoms with E-state index in [1.807, 2.05) is 0 Å². The lowest BCUT2D eigenvalue weighted by molar-refractivity contribution is 0.131. The van der Waals surface area contributed by atoms with Crippen molar-refractivity contribution in [1.82, 2.24) is 5.32 Å². The van der Waals surface area contributed by atoms with Crippen LogP contribution in [0.15, 0.2) is 24.3 Å². The largest absolute Gasteiger partial charge is 0.394 e. The minimum absolute atomic E-state index is 0.0773. The van der Waals surface area contributed by atoms with Gasteiger partial charge in [0.2, 0.25) is 0 Å². The maximum absolute atomic E-state index is 9.61. The first-order chi connectivity index (χ1) is 7.74. The lowest BCUT2D eigenvalue weighted by atomic mass is 9.83. The van der Waals surface area contributed by atoms with Gasteiger partial charge in [0, 0.05) is 5.54 Å². The number of aliphatic hydroxyl groups is 1. The normalized spacial score (nSPS) is 25.6. The molecule has 2 nitrogen and oxygen atoms in total. The van der Waals surface area contributed by atoms with Crippen molar-refractivity contribution < 1.29 is 5.11 Å². The summed E-state index contributed by atoms with van der Waals surface area (Å²) in [5.74, 6) is 0. The molecule has 2 heteroatoms. The summed E-state index contributed by atoms with van der Waals surface area (Å²) in [6.07, 6.45) is 4.47. The van der Waals surface area contributed by atoms with Crippen LogP contribution in [0, 0.1) is 6.92 Å². The number of rotatable bonds is 3. The van der Waals surface area contributed by atoms with Gasteiger partial charge in [0.1, 0.15) is 0 Å². The van der Waals surface area contributed by atoms with Gasteiger partial charge in [-0.2, -0.15) is 0 Å². The molecule has 1 atom stereocenters. The molecular weight excluding hydrogens is 198 g/mol. The van der Waals surface area contributed by atoms with E-state index in [0.29, 0.717) is 0 Å². The summed E-state index contributed by atoms with van der Waals surface area (Å²) < 4.78 is 0. The average molecular weight is 219 g/mol. The van der Waals surface area contributed by atoms with Gasteiger partial charge < -0.3 is 10.4 Å². The van der Waals surface area contributed by atoms with Crippen molar-refractivity contribution in [2.45, 2.75) is 38.1 Å². The third kappa shape index (κ3) is 2.63. The number of piperidine rings is 1. The Morgan fingerprint density at radius 1 is 1.38 bits per heavy atom. The van der Waals surface area contributed by atoms with E-state index in [2.05, 4.69) is 36.5 Å². The predicted molar refractivity (Wildman–Crippen MR) is 66.6 cm³/mol. The Balaban J connectivity index is 2.11. The van der Waals surface area contributed by atoms with E-state index in [1.54, 1.807) is 0 Å². The van der Waals surface area contributed by atoms with Crippen LogP contribution < -0.4 is 5.32 Å². The highest BCUT2D eigenvalue weighted by Gasteiger charge is 2.30. The van der Waals surface area contributed by atoms with Crippen molar-refractivity contribution in [3.63, 3.8) is 0 Å². The van der Waals surface area contributed by atoms with Crippen LogP contribution in [0.4, 0.5) is 0 Å². The maximum atomic E-state index is 9.61. The fourth-order valence-electron chi connectivity index (χ4n) is 2.58. The molecule has 1 aliphatic rings. The Labute approximate surface area is 97.7 Å². The first kappa shape index (κ1) is 11.6. The molecular formula is C14H21NO. The molecule has 88 valence electrons. The molecule has 2 rings (SSSR count). The first-order valence-electron chi connectivity index (χ1n) is 6.16. The van der Waals surface area contributed by atoms with Gasteiger partial charge in [0.25, 0.3) is 0 Å². The summed E-state index contributed by atoms with van der Waals surface area (Å²) >= 11 is 0. The van der Waals surface area contributed by atoms with Crippen molar-refractivity contribution in [2.75, 3.05) is 13.2 Å². The van der Waals surface area contributed by atoms with E-state index in [4.69, 9.17) is 0 Å². The second-order valence-electron chi connectivity index (χ2n) is 4.99. The lowest BCUT2D eigenvalue weighted by Gasteiger charge is -2.37. The highest BCUT2D eigenvalue weighted by Crippen LogP contribution is 2.23. The molecule has 0 aromatic heterocycles. The second kappa shape index (κ2) is 4.98. The molecule has 0 radical (unpaired) electrons. The summed E-state index contributed by atoms with van der Waals surface area (Å²) in [6, 6.07) is 8.58. The van der Waals surface area contributed by atoms with E-state index in [1.165, 1.54) is 24.0 Å². The van der Waals surface area contributed by atoms with Crippen molar-refractivity contribution in [1.29, 1.82) is 0 Å². The number of aryl methyl sites for hydroxylation is 1. The van der Waals surface area contributed by atoms with Crippen LogP contribution in [-0.4, -0.2) is 23.8 Å². The van der Waals surface area contributed by atoms with E-state index >= 15 is 0 Å². The standard InChI is InChI=1S/C14H21NO/c1-12-5-4-6-13(9-12)10-14(11-16)7-2-3-8-15-14/h4-6,9,15-16H,2-3,7-8,10-11H2,1H3. The van der Waals surface area contributed by atoms with Gasteiger partial charge in [-0.1, -0.05) is 36.2 Å². The summed E-state index contributed by atoms with van der Waals surface area (Å²) in [7, 11) is 0. The van der Waals surface area contributed by atoms with Gasteiger partial charge in [-0.25, -0.2) is 0 Å². The van der Waals surface area contributed by atoms with E-state index in [0.717, 1.165) is 19.4 Å². The fraction of sp³-hybridized carbons (Fsp3) is 0.571. The first-order valence-corrected chi connectivity index (χ1v) is 6.16. The summed E-state index contributed by atoms with van der Waals surface area (Å²) in [5, 5.41) is 13.1. The van der Waals surface area contributed by atoms with Gasteiger partial charge in [-0.15, -0.1) is 0 Å². The van der Waals surface area contributed by atoms with Crippen LogP contribution in [0.2, 0.25) is 0 Å². The van der Waals surface area contributed by atoms with Crippen molar-refractivity contribution in [2.24, 2.45) is 0 Å². The summed E-state index contributed by atoms with van der Waals surface area (Å²) in [5.41, 5.74) is 2.54. The van der Waals surface area contributed by atoms with Gasteiger partial charge in [-0.3, -0.25) is 0 Å². The second-order valence-corrected chi connectivity index (χ2v) is 4.99. The van der Waals surface area contributed by atoms with Crippen LogP contribution in [0.5, 0.6) is 0 Å². The third-order valence-electron chi connectivity index (χ3n) is 3.51. The van der Waals surface area contributed by atoms with Crippen LogP contribution in [0.25, 0.3) is 0 Å². The topological polar surface area (TPSA) is 32.3 Å². The average Bonchev–Trinajstić information content (AvgIpc) is 2.30. The van der Waals surface area contributed by atoms with Crippen LogP contribution in [0.1, 0.15) is 30.4 Å².